The number of aromatic nitrogens is 2. The van der Waals surface area contributed by atoms with Crippen LogP contribution in [0.5, 0.6) is 0 Å². The number of rotatable bonds is 2. The van der Waals surface area contributed by atoms with Crippen LogP contribution in [0.15, 0.2) is 4.52 Å². The monoisotopic (exact) mass is 182 g/mol. The lowest BCUT2D eigenvalue weighted by molar-refractivity contribution is 0.353. The van der Waals surface area contributed by atoms with Gasteiger partial charge in [-0.05, 0) is 30.3 Å². The minimum absolute atomic E-state index is 0.220. The van der Waals surface area contributed by atoms with Crippen molar-refractivity contribution in [3.63, 3.8) is 0 Å². The first-order valence-corrected chi connectivity index (χ1v) is 4.57. The zero-order chi connectivity index (χ0) is 9.26. The second-order valence-corrected chi connectivity index (χ2v) is 3.69. The number of nitrogens with zero attached hydrogens (tertiary/aromatic N) is 2. The van der Waals surface area contributed by atoms with Crippen molar-refractivity contribution >= 4 is 5.95 Å². The van der Waals surface area contributed by atoms with Crippen LogP contribution in [0.25, 0.3) is 0 Å². The Labute approximate surface area is 76.5 Å². The highest BCUT2D eigenvalue weighted by molar-refractivity contribution is 5.10. The highest BCUT2D eigenvalue weighted by Gasteiger charge is 2.23. The molecular weight excluding hydrogens is 168 g/mol. The molecule has 4 N–H and O–H groups in total. The molecule has 0 amide bonds. The quantitative estimate of drug-likeness (QED) is 0.687. The van der Waals surface area contributed by atoms with Crippen LogP contribution in [0.3, 0.4) is 0 Å². The zero-order valence-electron chi connectivity index (χ0n) is 7.44. The average Bonchev–Trinajstić information content (AvgIpc) is 2.62. The van der Waals surface area contributed by atoms with E-state index in [9.17, 15) is 0 Å². The second-order valence-electron chi connectivity index (χ2n) is 3.69. The maximum Gasteiger partial charge on any atom is 0.260 e. The molecule has 72 valence electrons. The number of hydrogen-bond donors (Lipinski definition) is 2. The summed E-state index contributed by atoms with van der Waals surface area (Å²) in [6, 6.07) is 0.352. The fraction of sp³-hybridized carbons (Fsp3) is 0.750. The van der Waals surface area contributed by atoms with Gasteiger partial charge in [0, 0.05) is 12.5 Å². The third kappa shape index (κ3) is 1.98. The molecule has 1 aromatic rings. The average molecular weight is 182 g/mol. The van der Waals surface area contributed by atoms with Crippen LogP contribution in [0.4, 0.5) is 5.95 Å². The third-order valence-corrected chi connectivity index (χ3v) is 2.53. The molecule has 1 fully saturated rings. The van der Waals surface area contributed by atoms with Gasteiger partial charge in [-0.15, -0.1) is 0 Å². The van der Waals surface area contributed by atoms with Crippen LogP contribution in [-0.4, -0.2) is 16.2 Å². The Balaban J connectivity index is 1.91. The predicted molar refractivity (Wildman–Crippen MR) is 47.7 cm³/mol. The fourth-order valence-electron chi connectivity index (χ4n) is 1.90. The summed E-state index contributed by atoms with van der Waals surface area (Å²) in [6.45, 7) is 0. The van der Waals surface area contributed by atoms with Crippen molar-refractivity contribution in [1.82, 2.24) is 10.1 Å². The molecule has 2 rings (SSSR count). The van der Waals surface area contributed by atoms with Gasteiger partial charge in [0.05, 0.1) is 0 Å². The van der Waals surface area contributed by atoms with Gasteiger partial charge in [-0.1, -0.05) is 0 Å². The minimum atomic E-state index is 0.220. The van der Waals surface area contributed by atoms with Gasteiger partial charge in [-0.3, -0.25) is 0 Å². The van der Waals surface area contributed by atoms with Crippen molar-refractivity contribution in [3.8, 4) is 0 Å². The van der Waals surface area contributed by atoms with Gasteiger partial charge in [-0.25, -0.2) is 0 Å². The van der Waals surface area contributed by atoms with Crippen molar-refractivity contribution < 1.29 is 4.52 Å². The van der Waals surface area contributed by atoms with Gasteiger partial charge in [0.2, 0.25) is 5.89 Å². The van der Waals surface area contributed by atoms with E-state index in [1.165, 1.54) is 0 Å². The lowest BCUT2D eigenvalue weighted by atomic mass is 10.0. The topological polar surface area (TPSA) is 91.0 Å². The van der Waals surface area contributed by atoms with E-state index in [4.69, 9.17) is 16.0 Å². The molecule has 1 saturated carbocycles. The van der Waals surface area contributed by atoms with E-state index in [0.717, 1.165) is 25.7 Å². The Kier molecular flexibility index (Phi) is 2.18. The van der Waals surface area contributed by atoms with Crippen LogP contribution in [-0.2, 0) is 6.42 Å². The van der Waals surface area contributed by atoms with Gasteiger partial charge in [-0.2, -0.15) is 4.98 Å². The normalized spacial score (nSPS) is 28.1. The van der Waals surface area contributed by atoms with Gasteiger partial charge < -0.3 is 16.0 Å². The summed E-state index contributed by atoms with van der Waals surface area (Å²) in [7, 11) is 0. The molecule has 5 nitrogen and oxygen atoms in total. The van der Waals surface area contributed by atoms with Crippen molar-refractivity contribution in [3.05, 3.63) is 5.89 Å². The fourth-order valence-corrected chi connectivity index (χ4v) is 1.90. The maximum atomic E-state index is 5.79. The minimum Gasteiger partial charge on any atom is -0.365 e. The van der Waals surface area contributed by atoms with Crippen LogP contribution in [0, 0.1) is 5.92 Å². The summed E-state index contributed by atoms with van der Waals surface area (Å²) < 4.78 is 4.93. The Morgan fingerprint density at radius 2 is 2.31 bits per heavy atom. The molecule has 1 aliphatic rings. The molecule has 5 heteroatoms. The Hall–Kier alpha value is -1.10. The summed E-state index contributed by atoms with van der Waals surface area (Å²) >= 11 is 0. The van der Waals surface area contributed by atoms with Crippen LogP contribution < -0.4 is 11.5 Å². The molecule has 1 aromatic heterocycles. The second kappa shape index (κ2) is 3.33. The molecule has 0 radical (unpaired) electrons. The summed E-state index contributed by atoms with van der Waals surface area (Å²) in [5, 5.41) is 3.54. The molecule has 0 saturated heterocycles. The van der Waals surface area contributed by atoms with Crippen molar-refractivity contribution in [2.75, 3.05) is 5.73 Å². The van der Waals surface area contributed by atoms with E-state index in [-0.39, 0.29) is 5.95 Å². The molecule has 1 heterocycles. The van der Waals surface area contributed by atoms with Crippen molar-refractivity contribution in [2.24, 2.45) is 11.7 Å². The highest BCUT2D eigenvalue weighted by atomic mass is 16.5. The first kappa shape index (κ1) is 8.50. The first-order valence-electron chi connectivity index (χ1n) is 4.57. The Bertz CT molecular complexity index is 285. The summed E-state index contributed by atoms with van der Waals surface area (Å²) in [5.74, 6) is 1.45. The SMILES string of the molecule is Nc1noc(CC2CCC(N)C2)n1. The van der Waals surface area contributed by atoms with E-state index in [0.29, 0.717) is 17.9 Å². The lowest BCUT2D eigenvalue weighted by Gasteiger charge is -2.04. The molecule has 13 heavy (non-hydrogen) atoms. The lowest BCUT2D eigenvalue weighted by Crippen LogP contribution is -2.15. The first-order chi connectivity index (χ1) is 6.24. The molecule has 0 bridgehead atoms. The zero-order valence-corrected chi connectivity index (χ0v) is 7.44. The van der Waals surface area contributed by atoms with E-state index in [1.807, 2.05) is 0 Å². The van der Waals surface area contributed by atoms with E-state index in [2.05, 4.69) is 10.1 Å². The maximum absolute atomic E-state index is 5.79. The van der Waals surface area contributed by atoms with Crippen molar-refractivity contribution in [2.45, 2.75) is 31.7 Å². The molecule has 0 aliphatic heterocycles. The summed E-state index contributed by atoms with van der Waals surface area (Å²) in [5.41, 5.74) is 11.1. The Morgan fingerprint density at radius 1 is 1.46 bits per heavy atom. The number of anilines is 1. The highest BCUT2D eigenvalue weighted by Crippen LogP contribution is 2.26. The van der Waals surface area contributed by atoms with Gasteiger partial charge in [0.15, 0.2) is 0 Å². The van der Waals surface area contributed by atoms with Gasteiger partial charge in [0.25, 0.3) is 5.95 Å². The summed E-state index contributed by atoms with van der Waals surface area (Å²) in [4.78, 5) is 3.96. The number of hydrogen-bond acceptors (Lipinski definition) is 5. The molecule has 0 spiro atoms. The number of nitrogen functional groups attached to an aromatic ring is 1. The molecular formula is C8H14N4O. The van der Waals surface area contributed by atoms with E-state index < -0.39 is 0 Å². The number of nitrogens with two attached hydrogens (primary N) is 2. The van der Waals surface area contributed by atoms with Crippen LogP contribution in [0.2, 0.25) is 0 Å². The van der Waals surface area contributed by atoms with Crippen LogP contribution in [0.1, 0.15) is 25.2 Å². The standard InChI is InChI=1S/C8H14N4O/c9-6-2-1-5(3-6)4-7-11-8(10)12-13-7/h5-6H,1-4,9H2,(H2,10,12). The molecule has 0 aromatic carbocycles. The molecule has 2 unspecified atom stereocenters. The smallest absolute Gasteiger partial charge is 0.260 e. The van der Waals surface area contributed by atoms with Crippen molar-refractivity contribution in [1.29, 1.82) is 0 Å². The largest absolute Gasteiger partial charge is 0.365 e. The Morgan fingerprint density at radius 3 is 2.85 bits per heavy atom. The summed E-state index contributed by atoms with van der Waals surface area (Å²) in [6.07, 6.45) is 4.14. The van der Waals surface area contributed by atoms with E-state index >= 15 is 0 Å². The predicted octanol–water partition coefficient (Wildman–Crippen LogP) is 0.322. The third-order valence-electron chi connectivity index (χ3n) is 2.53. The van der Waals surface area contributed by atoms with E-state index in [1.54, 1.807) is 0 Å². The molecule has 2 atom stereocenters. The molecule has 1 aliphatic carbocycles. The van der Waals surface area contributed by atoms with Crippen LogP contribution >= 0.6 is 0 Å². The van der Waals surface area contributed by atoms with Gasteiger partial charge in [0.1, 0.15) is 0 Å². The van der Waals surface area contributed by atoms with Gasteiger partial charge >= 0.3 is 0 Å².